The predicted octanol–water partition coefficient (Wildman–Crippen LogP) is 2.17. The lowest BCUT2D eigenvalue weighted by Crippen LogP contribution is -2.37. The topological polar surface area (TPSA) is 32.3 Å². The van der Waals surface area contributed by atoms with Gasteiger partial charge in [-0.1, -0.05) is 33.6 Å². The van der Waals surface area contributed by atoms with E-state index in [4.69, 9.17) is 0 Å². The van der Waals surface area contributed by atoms with Gasteiger partial charge in [0, 0.05) is 13.1 Å². The van der Waals surface area contributed by atoms with Gasteiger partial charge in [0.2, 0.25) is 0 Å². The van der Waals surface area contributed by atoms with Crippen molar-refractivity contribution in [3.05, 3.63) is 0 Å². The molecule has 0 heterocycles. The Balaban J connectivity index is 2.17. The van der Waals surface area contributed by atoms with Crippen LogP contribution in [0.4, 0.5) is 0 Å². The second-order valence-electron chi connectivity index (χ2n) is 5.80. The van der Waals surface area contributed by atoms with Crippen LogP contribution in [0, 0.1) is 11.3 Å². The molecular weight excluding hydrogens is 174 g/mol. The summed E-state index contributed by atoms with van der Waals surface area (Å²) in [5, 5.41) is 13.2. The Hall–Kier alpha value is -0.0800. The van der Waals surface area contributed by atoms with Crippen molar-refractivity contribution in [2.75, 3.05) is 13.1 Å². The maximum Gasteiger partial charge on any atom is 0.0580 e. The van der Waals surface area contributed by atoms with E-state index < -0.39 is 0 Å². The minimum Gasteiger partial charge on any atom is -0.393 e. The van der Waals surface area contributed by atoms with E-state index in [1.807, 2.05) is 0 Å². The van der Waals surface area contributed by atoms with Crippen LogP contribution in [0.15, 0.2) is 0 Å². The molecule has 2 heteroatoms. The standard InChI is InChI=1S/C12H25NO/c1-12(2,3)9-13-8-10-6-4-5-7-11(10)14/h10-11,13-14H,4-9H2,1-3H3. The zero-order valence-corrected chi connectivity index (χ0v) is 9.84. The monoisotopic (exact) mass is 199 g/mol. The summed E-state index contributed by atoms with van der Waals surface area (Å²) in [6.07, 6.45) is 4.63. The van der Waals surface area contributed by atoms with E-state index >= 15 is 0 Å². The minimum absolute atomic E-state index is 0.0591. The van der Waals surface area contributed by atoms with Crippen molar-refractivity contribution < 1.29 is 5.11 Å². The lowest BCUT2D eigenvalue weighted by Gasteiger charge is -2.29. The number of aliphatic hydroxyl groups is 1. The van der Waals surface area contributed by atoms with Crippen LogP contribution in [0.1, 0.15) is 46.5 Å². The quantitative estimate of drug-likeness (QED) is 0.730. The fraction of sp³-hybridized carbons (Fsp3) is 1.00. The van der Waals surface area contributed by atoms with Crippen molar-refractivity contribution in [1.29, 1.82) is 0 Å². The molecule has 0 aromatic heterocycles. The molecule has 2 N–H and O–H groups in total. The minimum atomic E-state index is -0.0591. The first-order valence-corrected chi connectivity index (χ1v) is 5.88. The molecule has 0 aromatic rings. The van der Waals surface area contributed by atoms with Gasteiger partial charge >= 0.3 is 0 Å². The first-order chi connectivity index (χ1) is 6.49. The highest BCUT2D eigenvalue weighted by molar-refractivity contribution is 4.77. The molecule has 0 spiro atoms. The van der Waals surface area contributed by atoms with Gasteiger partial charge in [-0.2, -0.15) is 0 Å². The molecule has 1 fully saturated rings. The van der Waals surface area contributed by atoms with Gasteiger partial charge in [-0.3, -0.25) is 0 Å². The van der Waals surface area contributed by atoms with Crippen LogP contribution in [0.5, 0.6) is 0 Å². The Kier molecular flexibility index (Phi) is 4.39. The number of hydrogen-bond donors (Lipinski definition) is 2. The number of nitrogens with one attached hydrogen (secondary N) is 1. The largest absolute Gasteiger partial charge is 0.393 e. The van der Waals surface area contributed by atoms with Crippen LogP contribution >= 0.6 is 0 Å². The highest BCUT2D eigenvalue weighted by Gasteiger charge is 2.22. The first kappa shape index (κ1) is 12.0. The molecule has 0 aliphatic heterocycles. The summed E-state index contributed by atoms with van der Waals surface area (Å²) in [7, 11) is 0. The lowest BCUT2D eigenvalue weighted by atomic mass is 9.86. The van der Waals surface area contributed by atoms with E-state index in [9.17, 15) is 5.11 Å². The average Bonchev–Trinajstić information content (AvgIpc) is 2.06. The Morgan fingerprint density at radius 1 is 1.21 bits per heavy atom. The van der Waals surface area contributed by atoms with Gasteiger partial charge in [0.05, 0.1) is 6.10 Å². The summed E-state index contributed by atoms with van der Waals surface area (Å²) in [5.41, 5.74) is 0.347. The predicted molar refractivity (Wildman–Crippen MR) is 60.3 cm³/mol. The van der Waals surface area contributed by atoms with Crippen molar-refractivity contribution >= 4 is 0 Å². The zero-order valence-electron chi connectivity index (χ0n) is 9.84. The molecule has 1 rings (SSSR count). The van der Waals surface area contributed by atoms with E-state index in [0.29, 0.717) is 11.3 Å². The third-order valence-electron chi connectivity index (χ3n) is 2.93. The summed E-state index contributed by atoms with van der Waals surface area (Å²) in [6, 6.07) is 0. The third-order valence-corrected chi connectivity index (χ3v) is 2.93. The molecule has 14 heavy (non-hydrogen) atoms. The number of aliphatic hydroxyl groups excluding tert-OH is 1. The summed E-state index contributed by atoms with van der Waals surface area (Å²) in [5.74, 6) is 0.492. The van der Waals surface area contributed by atoms with Gasteiger partial charge in [0.1, 0.15) is 0 Å². The van der Waals surface area contributed by atoms with Crippen molar-refractivity contribution in [3.63, 3.8) is 0 Å². The average molecular weight is 199 g/mol. The van der Waals surface area contributed by atoms with Crippen LogP contribution in [0.25, 0.3) is 0 Å². The van der Waals surface area contributed by atoms with Gasteiger partial charge in [0.25, 0.3) is 0 Å². The fourth-order valence-electron chi connectivity index (χ4n) is 2.06. The maximum absolute atomic E-state index is 9.76. The smallest absolute Gasteiger partial charge is 0.0580 e. The van der Waals surface area contributed by atoms with Gasteiger partial charge in [-0.05, 0) is 24.2 Å². The van der Waals surface area contributed by atoms with Crippen LogP contribution in [-0.4, -0.2) is 24.3 Å². The molecule has 0 saturated heterocycles. The number of hydrogen-bond acceptors (Lipinski definition) is 2. The molecule has 2 unspecified atom stereocenters. The Morgan fingerprint density at radius 3 is 2.43 bits per heavy atom. The molecule has 0 amide bonds. The number of rotatable bonds is 3. The second kappa shape index (κ2) is 5.13. The molecule has 2 atom stereocenters. The van der Waals surface area contributed by atoms with Crippen LogP contribution < -0.4 is 5.32 Å². The van der Waals surface area contributed by atoms with E-state index in [1.54, 1.807) is 0 Å². The van der Waals surface area contributed by atoms with Crippen LogP contribution in [-0.2, 0) is 0 Å². The highest BCUT2D eigenvalue weighted by Crippen LogP contribution is 2.23. The van der Waals surface area contributed by atoms with Gasteiger partial charge in [0.15, 0.2) is 0 Å². The van der Waals surface area contributed by atoms with Crippen LogP contribution in [0.3, 0.4) is 0 Å². The summed E-state index contributed by atoms with van der Waals surface area (Å²) in [4.78, 5) is 0. The van der Waals surface area contributed by atoms with Crippen molar-refractivity contribution in [3.8, 4) is 0 Å². The summed E-state index contributed by atoms with van der Waals surface area (Å²) in [6.45, 7) is 8.72. The molecule has 1 saturated carbocycles. The third kappa shape index (κ3) is 4.43. The Labute approximate surface area is 88.1 Å². The first-order valence-electron chi connectivity index (χ1n) is 5.88. The van der Waals surface area contributed by atoms with Crippen molar-refractivity contribution in [2.45, 2.75) is 52.6 Å². The highest BCUT2D eigenvalue weighted by atomic mass is 16.3. The fourth-order valence-corrected chi connectivity index (χ4v) is 2.06. The van der Waals surface area contributed by atoms with Crippen LogP contribution in [0.2, 0.25) is 0 Å². The Bertz CT molecular complexity index is 162. The summed E-state index contributed by atoms with van der Waals surface area (Å²) < 4.78 is 0. The van der Waals surface area contributed by atoms with Gasteiger partial charge < -0.3 is 10.4 Å². The normalized spacial score (nSPS) is 29.1. The van der Waals surface area contributed by atoms with E-state index in [2.05, 4.69) is 26.1 Å². The van der Waals surface area contributed by atoms with Crippen molar-refractivity contribution in [2.24, 2.45) is 11.3 Å². The van der Waals surface area contributed by atoms with Gasteiger partial charge in [-0.15, -0.1) is 0 Å². The van der Waals surface area contributed by atoms with E-state index in [1.165, 1.54) is 19.3 Å². The Morgan fingerprint density at radius 2 is 1.86 bits per heavy atom. The SMILES string of the molecule is CC(C)(C)CNCC1CCCCC1O. The maximum atomic E-state index is 9.76. The molecule has 2 nitrogen and oxygen atoms in total. The second-order valence-corrected chi connectivity index (χ2v) is 5.80. The van der Waals surface area contributed by atoms with E-state index in [0.717, 1.165) is 19.5 Å². The van der Waals surface area contributed by atoms with Gasteiger partial charge in [-0.25, -0.2) is 0 Å². The summed E-state index contributed by atoms with van der Waals surface area (Å²) >= 11 is 0. The zero-order chi connectivity index (χ0) is 10.6. The molecular formula is C12H25NO. The molecule has 84 valence electrons. The van der Waals surface area contributed by atoms with Crippen molar-refractivity contribution in [1.82, 2.24) is 5.32 Å². The lowest BCUT2D eigenvalue weighted by molar-refractivity contribution is 0.0685. The molecule has 0 bridgehead atoms. The van der Waals surface area contributed by atoms with E-state index in [-0.39, 0.29) is 6.10 Å². The molecule has 0 aromatic carbocycles. The molecule has 1 aliphatic rings. The molecule has 1 aliphatic carbocycles. The molecule has 0 radical (unpaired) electrons.